The molecule has 0 radical (unpaired) electrons. The lowest BCUT2D eigenvalue weighted by atomic mass is 10.1. The van der Waals surface area contributed by atoms with Crippen molar-refractivity contribution >= 4 is 23.5 Å². The van der Waals surface area contributed by atoms with Crippen molar-refractivity contribution in [2.75, 3.05) is 0 Å². The Kier molecular flexibility index (Phi) is 5.21. The number of amides is 4. The maximum Gasteiger partial charge on any atom is 0.332 e. The topological polar surface area (TPSA) is 135 Å². The predicted octanol–water partition coefficient (Wildman–Crippen LogP) is 0.412. The summed E-state index contributed by atoms with van der Waals surface area (Å²) in [7, 11) is 0. The summed E-state index contributed by atoms with van der Waals surface area (Å²) < 4.78 is 0. The van der Waals surface area contributed by atoms with Crippen LogP contribution in [0.5, 0.6) is 0 Å². The molecule has 106 valence electrons. The molecule has 0 saturated carbocycles. The van der Waals surface area contributed by atoms with Crippen molar-refractivity contribution in [2.24, 2.45) is 21.7 Å². The average molecular weight is 276 g/mol. The highest BCUT2D eigenvalue weighted by Crippen LogP contribution is 2.06. The molecule has 0 spiro atoms. The predicted molar refractivity (Wildman–Crippen MR) is 76.3 cm³/mol. The number of hydrazone groups is 2. The van der Waals surface area contributed by atoms with Crippen LogP contribution in [0.1, 0.15) is 18.1 Å². The fraction of sp³-hybridized carbons (Fsp3) is 0.167. The number of carbonyl (C=O) groups is 2. The van der Waals surface area contributed by atoms with Crippen molar-refractivity contribution in [3.8, 4) is 0 Å². The van der Waals surface area contributed by atoms with Gasteiger partial charge in [0, 0.05) is 5.56 Å². The highest BCUT2D eigenvalue weighted by molar-refractivity contribution is 6.47. The minimum atomic E-state index is -0.801. The molecule has 6 N–H and O–H groups in total. The van der Waals surface area contributed by atoms with Crippen LogP contribution in [0.3, 0.4) is 0 Å². The number of carbonyl (C=O) groups excluding carboxylic acids is 2. The van der Waals surface area contributed by atoms with E-state index in [1.807, 2.05) is 19.1 Å². The Labute approximate surface area is 115 Å². The quantitative estimate of drug-likeness (QED) is 0.468. The van der Waals surface area contributed by atoms with Gasteiger partial charge in [0.15, 0.2) is 0 Å². The number of primary amides is 2. The van der Waals surface area contributed by atoms with Crippen molar-refractivity contribution in [1.82, 2.24) is 10.9 Å². The molecular weight excluding hydrogens is 260 g/mol. The van der Waals surface area contributed by atoms with Crippen molar-refractivity contribution < 1.29 is 9.59 Å². The SMILES string of the molecule is CC(=N/NC(N)=O)/C(=N\NC(N)=O)c1ccc(C)cc1. The van der Waals surface area contributed by atoms with Crippen LogP contribution < -0.4 is 22.3 Å². The number of rotatable bonds is 4. The average Bonchev–Trinajstić information content (AvgIpc) is 2.38. The van der Waals surface area contributed by atoms with E-state index in [1.165, 1.54) is 0 Å². The van der Waals surface area contributed by atoms with Crippen LogP contribution in [0.25, 0.3) is 0 Å². The molecule has 0 saturated heterocycles. The Morgan fingerprint density at radius 3 is 2.00 bits per heavy atom. The standard InChI is InChI=1S/C12H16N6O2/c1-7-3-5-9(6-4-7)10(16-18-12(14)20)8(2)15-17-11(13)19/h3-6H,1-2H3,(H3,13,17,19)(H3,14,18,20)/b15-8-,16-10+. The van der Waals surface area contributed by atoms with Crippen LogP contribution in [0.15, 0.2) is 34.5 Å². The monoisotopic (exact) mass is 276 g/mol. The number of nitrogens with two attached hydrogens (primary N) is 2. The van der Waals surface area contributed by atoms with Crippen molar-refractivity contribution in [2.45, 2.75) is 13.8 Å². The number of aryl methyl sites for hydroxylation is 1. The van der Waals surface area contributed by atoms with Gasteiger partial charge in [-0.15, -0.1) is 0 Å². The van der Waals surface area contributed by atoms with Gasteiger partial charge in [-0.2, -0.15) is 10.2 Å². The lowest BCUT2D eigenvalue weighted by Crippen LogP contribution is -2.30. The molecule has 0 bridgehead atoms. The summed E-state index contributed by atoms with van der Waals surface area (Å²) >= 11 is 0. The summed E-state index contributed by atoms with van der Waals surface area (Å²) in [4.78, 5) is 21.4. The van der Waals surface area contributed by atoms with Crippen LogP contribution in [0, 0.1) is 6.92 Å². The molecule has 0 aromatic heterocycles. The molecule has 0 aliphatic heterocycles. The van der Waals surface area contributed by atoms with E-state index < -0.39 is 12.1 Å². The minimum Gasteiger partial charge on any atom is -0.350 e. The zero-order valence-corrected chi connectivity index (χ0v) is 11.2. The fourth-order valence-electron chi connectivity index (χ4n) is 1.37. The second-order valence-corrected chi connectivity index (χ2v) is 3.98. The third kappa shape index (κ3) is 4.77. The van der Waals surface area contributed by atoms with Gasteiger partial charge in [-0.3, -0.25) is 0 Å². The summed E-state index contributed by atoms with van der Waals surface area (Å²) in [6.07, 6.45) is 0. The first kappa shape index (κ1) is 15.2. The molecule has 1 aromatic rings. The first-order valence-electron chi connectivity index (χ1n) is 5.70. The molecule has 0 atom stereocenters. The molecule has 20 heavy (non-hydrogen) atoms. The maximum atomic E-state index is 10.8. The molecule has 8 heteroatoms. The fourth-order valence-corrected chi connectivity index (χ4v) is 1.37. The molecule has 0 aliphatic rings. The van der Waals surface area contributed by atoms with E-state index in [1.54, 1.807) is 19.1 Å². The summed E-state index contributed by atoms with van der Waals surface area (Å²) in [5.74, 6) is 0. The van der Waals surface area contributed by atoms with Crippen LogP contribution in [0.4, 0.5) is 9.59 Å². The summed E-state index contributed by atoms with van der Waals surface area (Å²) in [6, 6.07) is 5.77. The molecule has 0 fully saturated rings. The van der Waals surface area contributed by atoms with E-state index in [2.05, 4.69) is 21.1 Å². The second kappa shape index (κ2) is 6.88. The van der Waals surface area contributed by atoms with E-state index >= 15 is 0 Å². The molecule has 0 aliphatic carbocycles. The van der Waals surface area contributed by atoms with Gasteiger partial charge in [0.25, 0.3) is 0 Å². The molecule has 1 rings (SSSR count). The molecule has 4 amide bonds. The third-order valence-corrected chi connectivity index (χ3v) is 2.28. The Hall–Kier alpha value is -2.90. The largest absolute Gasteiger partial charge is 0.350 e. The van der Waals surface area contributed by atoms with Gasteiger partial charge in [-0.1, -0.05) is 29.8 Å². The number of nitrogens with one attached hydrogen (secondary N) is 2. The van der Waals surface area contributed by atoms with Crippen LogP contribution in [0.2, 0.25) is 0 Å². The molecular formula is C12H16N6O2. The lowest BCUT2D eigenvalue weighted by molar-refractivity contribution is 0.248. The van der Waals surface area contributed by atoms with Gasteiger partial charge in [-0.05, 0) is 13.8 Å². The Balaban J connectivity index is 3.11. The number of urea groups is 2. The zero-order valence-electron chi connectivity index (χ0n) is 11.2. The first-order chi connectivity index (χ1) is 9.40. The van der Waals surface area contributed by atoms with Crippen molar-refractivity contribution in [3.63, 3.8) is 0 Å². The van der Waals surface area contributed by atoms with E-state index in [-0.39, 0.29) is 0 Å². The van der Waals surface area contributed by atoms with Gasteiger partial charge in [0.1, 0.15) is 5.71 Å². The van der Waals surface area contributed by atoms with E-state index in [0.29, 0.717) is 17.0 Å². The molecule has 8 nitrogen and oxygen atoms in total. The highest BCUT2D eigenvalue weighted by atomic mass is 16.2. The smallest absolute Gasteiger partial charge is 0.332 e. The highest BCUT2D eigenvalue weighted by Gasteiger charge is 2.09. The Morgan fingerprint density at radius 2 is 1.50 bits per heavy atom. The summed E-state index contributed by atoms with van der Waals surface area (Å²) in [5, 5.41) is 7.64. The summed E-state index contributed by atoms with van der Waals surface area (Å²) in [6.45, 7) is 3.55. The van der Waals surface area contributed by atoms with Gasteiger partial charge in [0.05, 0.1) is 5.71 Å². The summed E-state index contributed by atoms with van der Waals surface area (Å²) in [5.41, 5.74) is 16.6. The van der Waals surface area contributed by atoms with Crippen molar-refractivity contribution in [3.05, 3.63) is 35.4 Å². The molecule has 1 aromatic carbocycles. The number of nitrogens with zero attached hydrogens (tertiary/aromatic N) is 2. The van der Waals surface area contributed by atoms with E-state index in [0.717, 1.165) is 5.56 Å². The van der Waals surface area contributed by atoms with Crippen LogP contribution in [-0.4, -0.2) is 23.5 Å². The Bertz CT molecular complexity index is 562. The number of hydrogen-bond acceptors (Lipinski definition) is 4. The van der Waals surface area contributed by atoms with Gasteiger partial charge >= 0.3 is 12.1 Å². The van der Waals surface area contributed by atoms with E-state index in [4.69, 9.17) is 11.5 Å². The lowest BCUT2D eigenvalue weighted by Gasteiger charge is -2.07. The first-order valence-corrected chi connectivity index (χ1v) is 5.70. The molecule has 0 unspecified atom stereocenters. The second-order valence-electron chi connectivity index (χ2n) is 3.98. The number of hydrogen-bond donors (Lipinski definition) is 4. The Morgan fingerprint density at radius 1 is 1.00 bits per heavy atom. The van der Waals surface area contributed by atoms with E-state index in [9.17, 15) is 9.59 Å². The van der Waals surface area contributed by atoms with Crippen LogP contribution in [-0.2, 0) is 0 Å². The van der Waals surface area contributed by atoms with Crippen molar-refractivity contribution in [1.29, 1.82) is 0 Å². The van der Waals surface area contributed by atoms with Gasteiger partial charge in [0.2, 0.25) is 0 Å². The zero-order chi connectivity index (χ0) is 15.1. The van der Waals surface area contributed by atoms with Crippen LogP contribution >= 0.6 is 0 Å². The normalized spacial score (nSPS) is 11.9. The third-order valence-electron chi connectivity index (χ3n) is 2.28. The maximum absolute atomic E-state index is 10.8. The molecule has 0 heterocycles. The van der Waals surface area contributed by atoms with Gasteiger partial charge in [-0.25, -0.2) is 20.4 Å². The number of benzene rings is 1. The van der Waals surface area contributed by atoms with Gasteiger partial charge < -0.3 is 11.5 Å². The minimum absolute atomic E-state index is 0.359.